The van der Waals surface area contributed by atoms with Gasteiger partial charge < -0.3 is 5.32 Å². The molecule has 0 saturated heterocycles. The molecular weight excluding hydrogens is 450 g/mol. The van der Waals surface area contributed by atoms with Crippen LogP contribution in [0.1, 0.15) is 10.4 Å². The van der Waals surface area contributed by atoms with Gasteiger partial charge in [-0.2, -0.15) is 0 Å². The number of nitro groups is 2. The van der Waals surface area contributed by atoms with E-state index in [4.69, 9.17) is 0 Å². The van der Waals surface area contributed by atoms with Gasteiger partial charge in [-0.15, -0.1) is 0 Å². The molecule has 1 N–H and O–H groups in total. The van der Waals surface area contributed by atoms with Crippen molar-refractivity contribution < 1.29 is 14.6 Å². The zero-order valence-electron chi connectivity index (χ0n) is 11.9. The highest BCUT2D eigenvalue weighted by Gasteiger charge is 2.16. The normalized spacial score (nSPS) is 10.2. The lowest BCUT2D eigenvalue weighted by atomic mass is 10.1. The number of anilines is 1. The van der Waals surface area contributed by atoms with Gasteiger partial charge in [0.15, 0.2) is 5.78 Å². The topological polar surface area (TPSA) is 115 Å². The van der Waals surface area contributed by atoms with Gasteiger partial charge in [-0.3, -0.25) is 25.0 Å². The lowest BCUT2D eigenvalue weighted by molar-refractivity contribution is -0.385. The summed E-state index contributed by atoms with van der Waals surface area (Å²) in [6, 6.07) is 8.04. The summed E-state index contributed by atoms with van der Waals surface area (Å²) >= 11 is 6.41. The largest absolute Gasteiger partial charge is 0.376 e. The van der Waals surface area contributed by atoms with Crippen LogP contribution in [0.2, 0.25) is 0 Å². The van der Waals surface area contributed by atoms with Crippen molar-refractivity contribution in [1.29, 1.82) is 0 Å². The minimum absolute atomic E-state index is 0.107. The van der Waals surface area contributed by atoms with Crippen molar-refractivity contribution in [3.8, 4) is 0 Å². The molecule has 0 bridgehead atoms. The Labute approximate surface area is 152 Å². The van der Waals surface area contributed by atoms with Crippen molar-refractivity contribution in [3.05, 3.63) is 71.1 Å². The second-order valence-corrected chi connectivity index (χ2v) is 6.33. The zero-order valence-corrected chi connectivity index (χ0v) is 15.0. The van der Waals surface area contributed by atoms with Gasteiger partial charge in [0.05, 0.1) is 22.1 Å². The molecule has 0 aliphatic rings. The number of Topliss-reactive ketones (excluding diaryl/α,β-unsaturated/α-hetero) is 1. The van der Waals surface area contributed by atoms with Crippen LogP contribution in [0.3, 0.4) is 0 Å². The van der Waals surface area contributed by atoms with Crippen molar-refractivity contribution in [1.82, 2.24) is 0 Å². The monoisotopic (exact) mass is 457 g/mol. The van der Waals surface area contributed by atoms with Crippen LogP contribution >= 0.6 is 31.9 Å². The van der Waals surface area contributed by atoms with E-state index >= 15 is 0 Å². The molecule has 2 aromatic rings. The first kappa shape index (κ1) is 18.0. The first-order valence-electron chi connectivity index (χ1n) is 6.44. The van der Waals surface area contributed by atoms with Crippen LogP contribution in [0, 0.1) is 20.2 Å². The Bertz CT molecular complexity index is 818. The van der Waals surface area contributed by atoms with Crippen molar-refractivity contribution in [3.63, 3.8) is 0 Å². The molecule has 8 nitrogen and oxygen atoms in total. The molecule has 124 valence electrons. The summed E-state index contributed by atoms with van der Waals surface area (Å²) in [5.41, 5.74) is 0.396. The maximum absolute atomic E-state index is 12.2. The van der Waals surface area contributed by atoms with Gasteiger partial charge in [0.2, 0.25) is 0 Å². The SMILES string of the molecule is O=C(CNc1c(Br)cc([N+](=O)[O-])cc1Br)c1cccc([N+](=O)[O-])c1. The van der Waals surface area contributed by atoms with Gasteiger partial charge in [-0.05, 0) is 31.9 Å². The molecule has 0 amide bonds. The smallest absolute Gasteiger partial charge is 0.271 e. The minimum Gasteiger partial charge on any atom is -0.376 e. The van der Waals surface area contributed by atoms with E-state index in [-0.39, 0.29) is 29.3 Å². The average molecular weight is 459 g/mol. The molecule has 0 heterocycles. The first-order chi connectivity index (χ1) is 11.3. The Balaban J connectivity index is 2.16. The van der Waals surface area contributed by atoms with E-state index in [2.05, 4.69) is 37.2 Å². The number of nitrogens with one attached hydrogen (secondary N) is 1. The Morgan fingerprint density at radius 2 is 1.58 bits per heavy atom. The van der Waals surface area contributed by atoms with Crippen molar-refractivity contribution in [2.75, 3.05) is 11.9 Å². The first-order valence-corrected chi connectivity index (χ1v) is 8.03. The third-order valence-electron chi connectivity index (χ3n) is 3.04. The fourth-order valence-corrected chi connectivity index (χ4v) is 3.34. The van der Waals surface area contributed by atoms with E-state index in [9.17, 15) is 25.0 Å². The zero-order chi connectivity index (χ0) is 17.9. The van der Waals surface area contributed by atoms with Gasteiger partial charge in [0.25, 0.3) is 11.4 Å². The lowest BCUT2D eigenvalue weighted by Crippen LogP contribution is -2.15. The number of benzene rings is 2. The molecule has 2 aromatic carbocycles. The summed E-state index contributed by atoms with van der Waals surface area (Å²) in [6.45, 7) is -0.129. The Morgan fingerprint density at radius 3 is 2.12 bits per heavy atom. The summed E-state index contributed by atoms with van der Waals surface area (Å²) in [4.78, 5) is 32.6. The van der Waals surface area contributed by atoms with E-state index in [0.717, 1.165) is 0 Å². The molecule has 2 rings (SSSR count). The molecule has 0 saturated carbocycles. The number of ketones is 1. The third kappa shape index (κ3) is 4.15. The number of hydrogen-bond donors (Lipinski definition) is 1. The summed E-state index contributed by atoms with van der Waals surface area (Å²) in [5.74, 6) is -0.351. The van der Waals surface area contributed by atoms with Crippen LogP contribution in [0.4, 0.5) is 17.1 Å². The predicted molar refractivity (Wildman–Crippen MR) is 94.4 cm³/mol. The van der Waals surface area contributed by atoms with Crippen molar-refractivity contribution in [2.45, 2.75) is 0 Å². The molecule has 0 aliphatic heterocycles. The maximum atomic E-state index is 12.2. The molecule has 0 spiro atoms. The maximum Gasteiger partial charge on any atom is 0.271 e. The molecule has 0 aliphatic carbocycles. The summed E-state index contributed by atoms with van der Waals surface area (Å²) < 4.78 is 0.825. The Hall–Kier alpha value is -2.33. The summed E-state index contributed by atoms with van der Waals surface area (Å²) in [6.07, 6.45) is 0. The molecule has 0 unspecified atom stereocenters. The number of carbonyl (C=O) groups is 1. The Morgan fingerprint density at radius 1 is 1.00 bits per heavy atom. The standard InChI is InChI=1S/C14H9Br2N3O5/c15-11-5-10(19(23)24)6-12(16)14(11)17-7-13(20)8-2-1-3-9(4-8)18(21)22/h1-6,17H,7H2. The van der Waals surface area contributed by atoms with Crippen LogP contribution in [0.5, 0.6) is 0 Å². The quantitative estimate of drug-likeness (QED) is 0.391. The minimum atomic E-state index is -0.576. The lowest BCUT2D eigenvalue weighted by Gasteiger charge is -2.10. The van der Waals surface area contributed by atoms with Crippen LogP contribution in [0.25, 0.3) is 0 Å². The number of non-ortho nitro benzene ring substituents is 2. The van der Waals surface area contributed by atoms with Crippen LogP contribution < -0.4 is 5.32 Å². The molecule has 0 fully saturated rings. The van der Waals surface area contributed by atoms with E-state index in [1.807, 2.05) is 0 Å². The second kappa shape index (κ2) is 7.49. The fraction of sp³-hybridized carbons (Fsp3) is 0.0714. The predicted octanol–water partition coefficient (Wildman–Crippen LogP) is 4.32. The van der Waals surface area contributed by atoms with Gasteiger partial charge in [0.1, 0.15) is 0 Å². The second-order valence-electron chi connectivity index (χ2n) is 4.63. The number of nitrogens with zero attached hydrogens (tertiary/aromatic N) is 2. The number of halogens is 2. The van der Waals surface area contributed by atoms with E-state index in [0.29, 0.717) is 14.6 Å². The third-order valence-corrected chi connectivity index (χ3v) is 4.29. The van der Waals surface area contributed by atoms with Gasteiger partial charge >= 0.3 is 0 Å². The highest BCUT2D eigenvalue weighted by molar-refractivity contribution is 9.11. The van der Waals surface area contributed by atoms with E-state index in [1.165, 1.54) is 36.4 Å². The molecule has 0 radical (unpaired) electrons. The molecule has 0 atom stereocenters. The fourth-order valence-electron chi connectivity index (χ4n) is 1.90. The van der Waals surface area contributed by atoms with E-state index < -0.39 is 9.85 Å². The van der Waals surface area contributed by atoms with E-state index in [1.54, 1.807) is 0 Å². The summed E-state index contributed by atoms with van der Waals surface area (Å²) in [7, 11) is 0. The highest BCUT2D eigenvalue weighted by Crippen LogP contribution is 2.35. The average Bonchev–Trinajstić information content (AvgIpc) is 2.53. The number of hydrogen-bond acceptors (Lipinski definition) is 6. The Kier molecular flexibility index (Phi) is 5.62. The number of carbonyl (C=O) groups excluding carboxylic acids is 1. The molecule has 10 heteroatoms. The number of rotatable bonds is 6. The molecule has 24 heavy (non-hydrogen) atoms. The van der Waals surface area contributed by atoms with Crippen LogP contribution in [-0.2, 0) is 0 Å². The van der Waals surface area contributed by atoms with Crippen molar-refractivity contribution >= 4 is 54.7 Å². The molecular formula is C14H9Br2N3O5. The number of nitro benzene ring substituents is 2. The van der Waals surface area contributed by atoms with Gasteiger partial charge in [0, 0.05) is 38.8 Å². The highest BCUT2D eigenvalue weighted by atomic mass is 79.9. The summed E-state index contributed by atoms with van der Waals surface area (Å²) in [5, 5.41) is 24.4. The van der Waals surface area contributed by atoms with Crippen molar-refractivity contribution in [2.24, 2.45) is 0 Å². The van der Waals surface area contributed by atoms with Crippen LogP contribution in [0.15, 0.2) is 45.3 Å². The van der Waals surface area contributed by atoms with Gasteiger partial charge in [-0.1, -0.05) is 12.1 Å². The van der Waals surface area contributed by atoms with Gasteiger partial charge in [-0.25, -0.2) is 0 Å². The molecule has 0 aromatic heterocycles. The van der Waals surface area contributed by atoms with Crippen LogP contribution in [-0.4, -0.2) is 22.2 Å².